The number of hydrogen-bond donors (Lipinski definition) is 1. The average molecular weight is 176 g/mol. The molecular formula is C8H16O2S. The molecule has 0 heterocycles. The van der Waals surface area contributed by atoms with Crippen molar-refractivity contribution in [2.24, 2.45) is 0 Å². The molecule has 1 atom stereocenters. The number of rotatable bonds is 5. The van der Waals surface area contributed by atoms with Gasteiger partial charge in [-0.25, -0.2) is 0 Å². The second kappa shape index (κ2) is 6.53. The number of carbonyl (C=O) groups excluding carboxylic acids is 1. The van der Waals surface area contributed by atoms with Crippen molar-refractivity contribution in [3.05, 3.63) is 0 Å². The van der Waals surface area contributed by atoms with E-state index in [0.29, 0.717) is 12.2 Å². The highest BCUT2D eigenvalue weighted by Gasteiger charge is 2.06. The van der Waals surface area contributed by atoms with E-state index in [1.807, 2.05) is 6.92 Å². The van der Waals surface area contributed by atoms with Crippen molar-refractivity contribution < 1.29 is 9.53 Å². The second-order valence-corrected chi connectivity index (χ2v) is 3.01. The first-order valence-corrected chi connectivity index (χ1v) is 4.64. The predicted molar refractivity (Wildman–Crippen MR) is 48.9 cm³/mol. The Balaban J connectivity index is 3.40. The molecule has 0 aliphatic rings. The Morgan fingerprint density at radius 3 is 2.73 bits per heavy atom. The number of ether oxygens (including phenoxy) is 1. The van der Waals surface area contributed by atoms with Crippen LogP contribution in [0.2, 0.25) is 0 Å². The van der Waals surface area contributed by atoms with Gasteiger partial charge in [0.2, 0.25) is 0 Å². The normalized spacial score (nSPS) is 12.6. The molecule has 0 amide bonds. The van der Waals surface area contributed by atoms with Crippen molar-refractivity contribution in [3.63, 3.8) is 0 Å². The Labute approximate surface area is 73.7 Å². The van der Waals surface area contributed by atoms with Gasteiger partial charge in [-0.05, 0) is 13.3 Å². The molecule has 1 unspecified atom stereocenters. The maximum absolute atomic E-state index is 10.9. The molecule has 0 fully saturated rings. The number of thiol groups is 1. The molecule has 0 saturated heterocycles. The summed E-state index contributed by atoms with van der Waals surface area (Å²) in [6, 6.07) is 0. The number of carbonyl (C=O) groups is 1. The van der Waals surface area contributed by atoms with E-state index in [-0.39, 0.29) is 12.1 Å². The molecule has 0 radical (unpaired) electrons. The van der Waals surface area contributed by atoms with E-state index in [4.69, 9.17) is 4.74 Å². The van der Waals surface area contributed by atoms with Gasteiger partial charge in [0.1, 0.15) is 0 Å². The average Bonchev–Trinajstić information content (AvgIpc) is 1.87. The zero-order chi connectivity index (χ0) is 8.69. The van der Waals surface area contributed by atoms with Crippen molar-refractivity contribution in [3.8, 4) is 0 Å². The zero-order valence-corrected chi connectivity index (χ0v) is 8.06. The Morgan fingerprint density at radius 2 is 2.27 bits per heavy atom. The first kappa shape index (κ1) is 10.8. The third-order valence-electron chi connectivity index (χ3n) is 1.34. The SMILES string of the molecule is CCCC(C)OC(=O)CCS. The summed E-state index contributed by atoms with van der Waals surface area (Å²) < 4.78 is 5.04. The first-order chi connectivity index (χ1) is 5.20. The van der Waals surface area contributed by atoms with Gasteiger partial charge in [-0.3, -0.25) is 4.79 Å². The molecule has 66 valence electrons. The van der Waals surface area contributed by atoms with Gasteiger partial charge in [0.05, 0.1) is 12.5 Å². The summed E-state index contributed by atoms with van der Waals surface area (Å²) in [5.74, 6) is 0.429. The molecule has 3 heteroatoms. The Bertz CT molecular complexity index is 115. The zero-order valence-electron chi connectivity index (χ0n) is 7.17. The van der Waals surface area contributed by atoms with Crippen LogP contribution in [0.25, 0.3) is 0 Å². The van der Waals surface area contributed by atoms with Crippen molar-refractivity contribution in [1.29, 1.82) is 0 Å². The standard InChI is InChI=1S/C8H16O2S/c1-3-4-7(2)10-8(9)5-6-11/h7,11H,3-6H2,1-2H3. The lowest BCUT2D eigenvalue weighted by molar-refractivity contribution is -0.147. The van der Waals surface area contributed by atoms with Crippen LogP contribution >= 0.6 is 12.6 Å². The lowest BCUT2D eigenvalue weighted by Crippen LogP contribution is -2.14. The molecule has 0 saturated carbocycles. The molecule has 0 aromatic rings. The third-order valence-corrected chi connectivity index (χ3v) is 1.57. The van der Waals surface area contributed by atoms with Crippen LogP contribution in [-0.2, 0) is 9.53 Å². The van der Waals surface area contributed by atoms with Gasteiger partial charge < -0.3 is 4.74 Å². The van der Waals surface area contributed by atoms with Crippen LogP contribution in [0.3, 0.4) is 0 Å². The smallest absolute Gasteiger partial charge is 0.306 e. The summed E-state index contributed by atoms with van der Waals surface area (Å²) in [5.41, 5.74) is 0. The van der Waals surface area contributed by atoms with E-state index in [9.17, 15) is 4.79 Å². The van der Waals surface area contributed by atoms with Gasteiger partial charge in [0.15, 0.2) is 0 Å². The van der Waals surface area contributed by atoms with Gasteiger partial charge in [-0.1, -0.05) is 13.3 Å². The van der Waals surface area contributed by atoms with Gasteiger partial charge in [-0.2, -0.15) is 12.6 Å². The Morgan fingerprint density at radius 1 is 1.64 bits per heavy atom. The minimum atomic E-state index is -0.138. The van der Waals surface area contributed by atoms with Crippen LogP contribution in [0.15, 0.2) is 0 Å². The highest BCUT2D eigenvalue weighted by molar-refractivity contribution is 7.80. The van der Waals surface area contributed by atoms with Crippen molar-refractivity contribution in [2.75, 3.05) is 5.75 Å². The lowest BCUT2D eigenvalue weighted by Gasteiger charge is -2.10. The third kappa shape index (κ3) is 6.23. The summed E-state index contributed by atoms with van der Waals surface area (Å²) >= 11 is 3.93. The molecule has 2 nitrogen and oxygen atoms in total. The fourth-order valence-corrected chi connectivity index (χ4v) is 1.02. The first-order valence-electron chi connectivity index (χ1n) is 4.01. The molecule has 0 spiro atoms. The summed E-state index contributed by atoms with van der Waals surface area (Å²) in [6.07, 6.45) is 2.47. The lowest BCUT2D eigenvalue weighted by atomic mass is 10.2. The number of hydrogen-bond acceptors (Lipinski definition) is 3. The monoisotopic (exact) mass is 176 g/mol. The molecular weight excluding hydrogens is 160 g/mol. The minimum absolute atomic E-state index is 0.0624. The topological polar surface area (TPSA) is 26.3 Å². The Kier molecular flexibility index (Phi) is 6.42. The molecule has 0 bridgehead atoms. The number of esters is 1. The van der Waals surface area contributed by atoms with E-state index in [2.05, 4.69) is 19.6 Å². The molecule has 0 aromatic carbocycles. The molecule has 0 aromatic heterocycles. The summed E-state index contributed by atoms with van der Waals surface area (Å²) in [4.78, 5) is 10.9. The van der Waals surface area contributed by atoms with Crippen LogP contribution in [-0.4, -0.2) is 17.8 Å². The predicted octanol–water partition coefficient (Wildman–Crippen LogP) is 2.04. The van der Waals surface area contributed by atoms with E-state index in [1.54, 1.807) is 0 Å². The molecule has 0 aliphatic carbocycles. The fraction of sp³-hybridized carbons (Fsp3) is 0.875. The second-order valence-electron chi connectivity index (χ2n) is 2.56. The Hall–Kier alpha value is -0.180. The van der Waals surface area contributed by atoms with E-state index < -0.39 is 0 Å². The summed E-state index contributed by atoms with van der Waals surface area (Å²) in [7, 11) is 0. The van der Waals surface area contributed by atoms with Gasteiger partial charge in [0.25, 0.3) is 0 Å². The molecule has 0 N–H and O–H groups in total. The van der Waals surface area contributed by atoms with Crippen molar-refractivity contribution in [2.45, 2.75) is 39.2 Å². The van der Waals surface area contributed by atoms with Crippen LogP contribution < -0.4 is 0 Å². The van der Waals surface area contributed by atoms with Gasteiger partial charge in [-0.15, -0.1) is 0 Å². The minimum Gasteiger partial charge on any atom is -0.463 e. The van der Waals surface area contributed by atoms with Gasteiger partial charge in [0, 0.05) is 5.75 Å². The van der Waals surface area contributed by atoms with Crippen molar-refractivity contribution >= 4 is 18.6 Å². The fourth-order valence-electron chi connectivity index (χ4n) is 0.840. The van der Waals surface area contributed by atoms with Crippen LogP contribution in [0.1, 0.15) is 33.1 Å². The van der Waals surface area contributed by atoms with Crippen LogP contribution in [0.4, 0.5) is 0 Å². The van der Waals surface area contributed by atoms with E-state index >= 15 is 0 Å². The summed E-state index contributed by atoms with van der Waals surface area (Å²) in [5, 5.41) is 0. The quantitative estimate of drug-likeness (QED) is 0.512. The maximum Gasteiger partial charge on any atom is 0.306 e. The van der Waals surface area contributed by atoms with Crippen molar-refractivity contribution in [1.82, 2.24) is 0 Å². The van der Waals surface area contributed by atoms with E-state index in [1.165, 1.54) is 0 Å². The van der Waals surface area contributed by atoms with Crippen LogP contribution in [0, 0.1) is 0 Å². The maximum atomic E-state index is 10.9. The van der Waals surface area contributed by atoms with E-state index in [0.717, 1.165) is 12.8 Å². The molecule has 0 rings (SSSR count). The molecule has 0 aliphatic heterocycles. The summed E-state index contributed by atoms with van der Waals surface area (Å²) in [6.45, 7) is 3.99. The van der Waals surface area contributed by atoms with Gasteiger partial charge >= 0.3 is 5.97 Å². The largest absolute Gasteiger partial charge is 0.463 e. The highest BCUT2D eigenvalue weighted by Crippen LogP contribution is 2.02. The molecule has 11 heavy (non-hydrogen) atoms. The highest BCUT2D eigenvalue weighted by atomic mass is 32.1. The van der Waals surface area contributed by atoms with Crippen LogP contribution in [0.5, 0.6) is 0 Å².